The number of carbonyl (C=O) groups excluding carboxylic acids is 1. The van der Waals surface area contributed by atoms with Gasteiger partial charge >= 0.3 is 0 Å². The molecule has 0 radical (unpaired) electrons. The van der Waals surface area contributed by atoms with Gasteiger partial charge in [0, 0.05) is 6.07 Å². The summed E-state index contributed by atoms with van der Waals surface area (Å²) in [6.45, 7) is 0. The Balaban J connectivity index is 0.000000640. The largest absolute Gasteiger partial charge is 0.364 e. The molecule has 1 heterocycles. The molecule has 0 bridgehead atoms. The maximum atomic E-state index is 10.2. The average molecular weight is 149 g/mol. The smallest absolute Gasteiger partial charge is 0.270 e. The van der Waals surface area contributed by atoms with Gasteiger partial charge in [-0.25, -0.2) is 0 Å². The SMILES string of the molecule is Cl.NC(=O)c1ccon1. The zero-order valence-electron chi connectivity index (χ0n) is 4.40. The highest BCUT2D eigenvalue weighted by Gasteiger charge is 1.99. The maximum absolute atomic E-state index is 10.2. The fraction of sp³-hybridized carbons (Fsp3) is 0. The Morgan fingerprint density at radius 1 is 1.78 bits per heavy atom. The normalized spacial score (nSPS) is 8.00. The zero-order chi connectivity index (χ0) is 5.98. The molecule has 1 aromatic rings. The van der Waals surface area contributed by atoms with Crippen molar-refractivity contribution in [2.45, 2.75) is 0 Å². The van der Waals surface area contributed by atoms with E-state index >= 15 is 0 Å². The van der Waals surface area contributed by atoms with Gasteiger partial charge < -0.3 is 10.3 Å². The number of halogens is 1. The Bertz CT molecular complexity index is 184. The summed E-state index contributed by atoms with van der Waals surface area (Å²) >= 11 is 0. The summed E-state index contributed by atoms with van der Waals surface area (Å²) in [5, 5.41) is 3.27. The maximum Gasteiger partial charge on any atom is 0.270 e. The van der Waals surface area contributed by atoms with E-state index in [4.69, 9.17) is 5.73 Å². The summed E-state index contributed by atoms with van der Waals surface area (Å²) in [5.41, 5.74) is 4.95. The second kappa shape index (κ2) is 3.09. The van der Waals surface area contributed by atoms with Crippen molar-refractivity contribution in [3.05, 3.63) is 18.0 Å². The standard InChI is InChI=1S/C4H4N2O2.ClH/c5-4(7)3-1-2-8-6-3;/h1-2H,(H2,5,7);1H. The Hall–Kier alpha value is -1.03. The third-order valence-electron chi connectivity index (χ3n) is 0.690. The van der Waals surface area contributed by atoms with Crippen molar-refractivity contribution in [2.75, 3.05) is 0 Å². The van der Waals surface area contributed by atoms with Crippen LogP contribution >= 0.6 is 12.4 Å². The molecule has 5 heteroatoms. The summed E-state index contributed by atoms with van der Waals surface area (Å²) in [7, 11) is 0. The molecule has 0 aromatic carbocycles. The molecule has 1 amide bonds. The van der Waals surface area contributed by atoms with Crippen molar-refractivity contribution < 1.29 is 9.32 Å². The van der Waals surface area contributed by atoms with E-state index in [9.17, 15) is 4.79 Å². The molecule has 50 valence electrons. The highest BCUT2D eigenvalue weighted by Crippen LogP contribution is 1.89. The van der Waals surface area contributed by atoms with E-state index in [1.807, 2.05) is 0 Å². The van der Waals surface area contributed by atoms with Crippen molar-refractivity contribution >= 4 is 18.3 Å². The molecule has 0 fully saturated rings. The third-order valence-corrected chi connectivity index (χ3v) is 0.690. The third kappa shape index (κ3) is 1.73. The minimum Gasteiger partial charge on any atom is -0.364 e. The number of hydrogen-bond acceptors (Lipinski definition) is 3. The Labute approximate surface area is 57.4 Å². The first-order valence-electron chi connectivity index (χ1n) is 2.01. The van der Waals surface area contributed by atoms with E-state index in [1.54, 1.807) is 0 Å². The lowest BCUT2D eigenvalue weighted by atomic mass is 10.4. The number of aromatic nitrogens is 1. The van der Waals surface area contributed by atoms with Crippen LogP contribution in [0.1, 0.15) is 10.5 Å². The molecule has 0 saturated carbocycles. The highest BCUT2D eigenvalue weighted by molar-refractivity contribution is 5.90. The molecule has 0 atom stereocenters. The van der Waals surface area contributed by atoms with Crippen molar-refractivity contribution in [1.29, 1.82) is 0 Å². The molecule has 1 rings (SSSR count). The van der Waals surface area contributed by atoms with Gasteiger partial charge in [-0.2, -0.15) is 0 Å². The van der Waals surface area contributed by atoms with E-state index in [2.05, 4.69) is 9.68 Å². The van der Waals surface area contributed by atoms with E-state index in [-0.39, 0.29) is 18.1 Å². The molecule has 9 heavy (non-hydrogen) atoms. The molecule has 0 unspecified atom stereocenters. The minimum atomic E-state index is -0.571. The minimum absolute atomic E-state index is 0. The zero-order valence-corrected chi connectivity index (χ0v) is 5.22. The lowest BCUT2D eigenvalue weighted by Crippen LogP contribution is -2.10. The Kier molecular flexibility index (Phi) is 2.73. The van der Waals surface area contributed by atoms with Crippen LogP contribution in [0.3, 0.4) is 0 Å². The van der Waals surface area contributed by atoms with Gasteiger partial charge in [-0.1, -0.05) is 5.16 Å². The van der Waals surface area contributed by atoms with Gasteiger partial charge in [0.25, 0.3) is 5.91 Å². The van der Waals surface area contributed by atoms with Crippen molar-refractivity contribution in [3.8, 4) is 0 Å². The van der Waals surface area contributed by atoms with Gasteiger partial charge in [0.15, 0.2) is 5.69 Å². The van der Waals surface area contributed by atoms with Gasteiger partial charge in [-0.3, -0.25) is 4.79 Å². The number of nitrogens with two attached hydrogens (primary N) is 1. The van der Waals surface area contributed by atoms with Crippen LogP contribution in [-0.2, 0) is 0 Å². The van der Waals surface area contributed by atoms with Crippen LogP contribution in [0, 0.1) is 0 Å². The van der Waals surface area contributed by atoms with Crippen LogP contribution in [0.2, 0.25) is 0 Å². The molecular weight excluding hydrogens is 144 g/mol. The number of carbonyl (C=O) groups is 1. The average Bonchev–Trinajstić information content (AvgIpc) is 2.12. The quantitative estimate of drug-likeness (QED) is 0.618. The monoisotopic (exact) mass is 148 g/mol. The molecule has 1 aromatic heterocycles. The van der Waals surface area contributed by atoms with Gasteiger partial charge in [0.2, 0.25) is 0 Å². The highest BCUT2D eigenvalue weighted by atomic mass is 35.5. The Morgan fingerprint density at radius 2 is 2.44 bits per heavy atom. The van der Waals surface area contributed by atoms with E-state index in [0.29, 0.717) is 0 Å². The predicted molar refractivity (Wildman–Crippen MR) is 32.3 cm³/mol. The summed E-state index contributed by atoms with van der Waals surface area (Å²) in [6, 6.07) is 1.41. The van der Waals surface area contributed by atoms with Crippen molar-refractivity contribution in [1.82, 2.24) is 5.16 Å². The second-order valence-electron chi connectivity index (χ2n) is 1.25. The van der Waals surface area contributed by atoms with Crippen LogP contribution in [0.5, 0.6) is 0 Å². The summed E-state index contributed by atoms with van der Waals surface area (Å²) in [5.74, 6) is -0.571. The molecule has 0 aliphatic heterocycles. The molecule has 2 N–H and O–H groups in total. The van der Waals surface area contributed by atoms with Crippen LogP contribution < -0.4 is 5.73 Å². The van der Waals surface area contributed by atoms with Crippen LogP contribution in [0.15, 0.2) is 16.9 Å². The Morgan fingerprint density at radius 3 is 2.67 bits per heavy atom. The lowest BCUT2D eigenvalue weighted by Gasteiger charge is -1.77. The van der Waals surface area contributed by atoms with Crippen LogP contribution in [-0.4, -0.2) is 11.1 Å². The van der Waals surface area contributed by atoms with E-state index in [1.165, 1.54) is 12.3 Å². The summed E-state index contributed by atoms with van der Waals surface area (Å²) in [4.78, 5) is 10.2. The van der Waals surface area contributed by atoms with E-state index in [0.717, 1.165) is 0 Å². The summed E-state index contributed by atoms with van der Waals surface area (Å²) in [6.07, 6.45) is 1.29. The van der Waals surface area contributed by atoms with Gasteiger partial charge in [-0.15, -0.1) is 12.4 Å². The predicted octanol–water partition coefficient (Wildman–Crippen LogP) is 0.195. The molecule has 0 spiro atoms. The molecular formula is C4H5ClN2O2. The fourth-order valence-corrected chi connectivity index (χ4v) is 0.340. The fourth-order valence-electron chi connectivity index (χ4n) is 0.340. The second-order valence-corrected chi connectivity index (χ2v) is 1.25. The first-order valence-corrected chi connectivity index (χ1v) is 2.01. The number of amides is 1. The van der Waals surface area contributed by atoms with Crippen molar-refractivity contribution in [2.24, 2.45) is 5.73 Å². The van der Waals surface area contributed by atoms with Gasteiger partial charge in [-0.05, 0) is 0 Å². The molecule has 0 aliphatic rings. The van der Waals surface area contributed by atoms with E-state index < -0.39 is 5.91 Å². The number of nitrogens with zero attached hydrogens (tertiary/aromatic N) is 1. The molecule has 0 saturated heterocycles. The van der Waals surface area contributed by atoms with Crippen molar-refractivity contribution in [3.63, 3.8) is 0 Å². The summed E-state index contributed by atoms with van der Waals surface area (Å²) < 4.78 is 4.32. The lowest BCUT2D eigenvalue weighted by molar-refractivity contribution is 0.0991. The number of hydrogen-bond donors (Lipinski definition) is 1. The van der Waals surface area contributed by atoms with Gasteiger partial charge in [0.1, 0.15) is 6.26 Å². The van der Waals surface area contributed by atoms with Crippen LogP contribution in [0.4, 0.5) is 0 Å². The number of primary amides is 1. The molecule has 0 aliphatic carbocycles. The molecule has 4 nitrogen and oxygen atoms in total. The van der Waals surface area contributed by atoms with Gasteiger partial charge in [0.05, 0.1) is 0 Å². The first-order chi connectivity index (χ1) is 3.80. The topological polar surface area (TPSA) is 69.1 Å². The van der Waals surface area contributed by atoms with Crippen LogP contribution in [0.25, 0.3) is 0 Å². The number of rotatable bonds is 1. The first kappa shape index (κ1) is 7.97.